The quantitative estimate of drug-likeness (QED) is 0.550. The molecule has 0 aromatic carbocycles. The average molecular weight is 240 g/mol. The summed E-state index contributed by atoms with van der Waals surface area (Å²) in [7, 11) is 7.19. The molecule has 64 valence electrons. The molecular weight excluding hydrogens is 225 g/mol. The number of carbonyl (C=O) groups excluding carboxylic acids is 1. The Labute approximate surface area is 108 Å². The molecule has 0 aliphatic rings. The maximum atomic E-state index is 10.7. The first-order valence-electron chi connectivity index (χ1n) is 2.99. The van der Waals surface area contributed by atoms with E-state index >= 15 is 0 Å². The topological polar surface area (TPSA) is 26.3 Å². The van der Waals surface area contributed by atoms with Crippen molar-refractivity contribution in [1.82, 2.24) is 0 Å². The van der Waals surface area contributed by atoms with Crippen LogP contribution in [0, 0.1) is 0 Å². The molecular formula is C5H15CaO2P3. The van der Waals surface area contributed by atoms with Gasteiger partial charge >= 0.3 is 43.7 Å². The summed E-state index contributed by atoms with van der Waals surface area (Å²) in [4.78, 5) is 10.6. The van der Waals surface area contributed by atoms with Crippen molar-refractivity contribution in [3.05, 3.63) is 0 Å². The monoisotopic (exact) mass is 240 g/mol. The van der Waals surface area contributed by atoms with E-state index in [0.29, 0.717) is 6.42 Å². The Balaban J connectivity index is -0.000000135. The van der Waals surface area contributed by atoms with E-state index in [1.165, 1.54) is 0 Å². The van der Waals surface area contributed by atoms with Gasteiger partial charge < -0.3 is 7.38 Å². The van der Waals surface area contributed by atoms with Crippen LogP contribution in [0.4, 0.5) is 0 Å². The zero-order valence-corrected chi connectivity index (χ0v) is 12.3. The average Bonchev–Trinajstić information content (AvgIpc) is 1.87. The smallest absolute Gasteiger partial charge is 1.00 e. The van der Waals surface area contributed by atoms with Gasteiger partial charge in [0.1, 0.15) is 0 Å². The molecule has 11 heavy (non-hydrogen) atoms. The van der Waals surface area contributed by atoms with Crippen molar-refractivity contribution < 1.29 is 12.2 Å². The molecule has 0 spiro atoms. The van der Waals surface area contributed by atoms with Gasteiger partial charge in [-0.25, -0.2) is 0 Å². The number of hydrogen-bond acceptors (Lipinski definition) is 2. The van der Waals surface area contributed by atoms with Gasteiger partial charge in [-0.05, 0) is 6.42 Å². The molecule has 0 N–H and O–H groups in total. The summed E-state index contributed by atoms with van der Waals surface area (Å²) < 4.78 is 4.44. The standard InChI is InChI=1S/C5H13O2P3.Ca.2H/c1-2-5(8,9)3-4(6)7-10;;;/h2-3,8-10H2,1H3;;;/q;+2;2*-1. The number of rotatable bonds is 3. The molecule has 0 aromatic rings. The molecule has 0 saturated heterocycles. The molecule has 0 heterocycles. The number of carbonyl (C=O) groups is 1. The van der Waals surface area contributed by atoms with E-state index in [4.69, 9.17) is 0 Å². The van der Waals surface area contributed by atoms with Gasteiger partial charge in [0.05, 0.1) is 15.9 Å². The van der Waals surface area contributed by atoms with Gasteiger partial charge in [0.15, 0.2) is 0 Å². The minimum atomic E-state index is -0.197. The van der Waals surface area contributed by atoms with E-state index in [1.54, 1.807) is 0 Å². The molecule has 2 nitrogen and oxygen atoms in total. The van der Waals surface area contributed by atoms with Crippen molar-refractivity contribution in [3.63, 3.8) is 0 Å². The van der Waals surface area contributed by atoms with Gasteiger partial charge in [0.2, 0.25) is 0 Å². The fourth-order valence-electron chi connectivity index (χ4n) is 0.435. The van der Waals surface area contributed by atoms with Crippen LogP contribution < -0.4 is 0 Å². The van der Waals surface area contributed by atoms with Crippen molar-refractivity contribution in [3.8, 4) is 0 Å². The minimum Gasteiger partial charge on any atom is -1.00 e. The molecule has 0 saturated carbocycles. The third-order valence-electron chi connectivity index (χ3n) is 1.26. The van der Waals surface area contributed by atoms with Crippen LogP contribution in [0.25, 0.3) is 0 Å². The van der Waals surface area contributed by atoms with Crippen molar-refractivity contribution in [2.24, 2.45) is 0 Å². The predicted molar refractivity (Wildman–Crippen MR) is 60.8 cm³/mol. The normalized spacial score (nSPS) is 10.2. The zero-order valence-electron chi connectivity index (χ0n) is 8.67. The Hall–Kier alpha value is 2.02. The fourth-order valence-corrected chi connectivity index (χ4v) is 0.852. The Kier molecular flexibility index (Phi) is 10.5. The Morgan fingerprint density at radius 3 is 2.36 bits per heavy atom. The minimum absolute atomic E-state index is 0. The van der Waals surface area contributed by atoms with Crippen LogP contribution in [0.5, 0.6) is 0 Å². The summed E-state index contributed by atoms with van der Waals surface area (Å²) in [5.41, 5.74) is 0. The third kappa shape index (κ3) is 8.35. The van der Waals surface area contributed by atoms with Crippen molar-refractivity contribution >= 4 is 71.7 Å². The molecule has 0 aliphatic carbocycles. The van der Waals surface area contributed by atoms with Gasteiger partial charge in [-0.1, -0.05) is 6.92 Å². The first kappa shape index (κ1) is 15.5. The fraction of sp³-hybridized carbons (Fsp3) is 0.800. The maximum Gasteiger partial charge on any atom is 2.00 e. The summed E-state index contributed by atoms with van der Waals surface area (Å²) in [5.74, 6) is -0.197. The zero-order chi connectivity index (χ0) is 8.20. The second kappa shape index (κ2) is 7.43. The summed E-state index contributed by atoms with van der Waals surface area (Å²) in [6.45, 7) is 2.02. The molecule has 6 heteroatoms. The van der Waals surface area contributed by atoms with Crippen molar-refractivity contribution in [1.29, 1.82) is 0 Å². The van der Waals surface area contributed by atoms with Gasteiger partial charge in [-0.3, -0.25) is 4.79 Å². The van der Waals surface area contributed by atoms with E-state index in [-0.39, 0.29) is 51.5 Å². The largest absolute Gasteiger partial charge is 2.00 e. The SMILES string of the molecule is CCC(P)(P)CC(=O)OP.[Ca+2].[H-].[H-]. The Bertz CT molecular complexity index is 137. The maximum absolute atomic E-state index is 10.7. The van der Waals surface area contributed by atoms with Crippen LogP contribution in [0.3, 0.4) is 0 Å². The predicted octanol–water partition coefficient (Wildman–Crippen LogP) is 1.41. The van der Waals surface area contributed by atoms with Crippen molar-refractivity contribution in [2.75, 3.05) is 0 Å². The van der Waals surface area contributed by atoms with Gasteiger partial charge in [-0.2, -0.15) is 0 Å². The van der Waals surface area contributed by atoms with Crippen LogP contribution in [0.2, 0.25) is 0 Å². The van der Waals surface area contributed by atoms with Crippen LogP contribution in [-0.4, -0.2) is 48.6 Å². The van der Waals surface area contributed by atoms with E-state index < -0.39 is 0 Å². The Morgan fingerprint density at radius 2 is 2.09 bits per heavy atom. The summed E-state index contributed by atoms with van der Waals surface area (Å²) in [5, 5.41) is 0. The summed E-state index contributed by atoms with van der Waals surface area (Å²) in [6.07, 6.45) is 1.34. The second-order valence-electron chi connectivity index (χ2n) is 2.25. The third-order valence-corrected chi connectivity index (χ3v) is 2.75. The molecule has 3 atom stereocenters. The van der Waals surface area contributed by atoms with E-state index in [2.05, 4.69) is 23.0 Å². The molecule has 0 aliphatic heterocycles. The van der Waals surface area contributed by atoms with Gasteiger partial charge in [0.25, 0.3) is 0 Å². The van der Waals surface area contributed by atoms with E-state index in [9.17, 15) is 4.79 Å². The first-order chi connectivity index (χ1) is 4.52. The summed E-state index contributed by atoms with van der Waals surface area (Å²) in [6, 6.07) is 0. The van der Waals surface area contributed by atoms with Crippen LogP contribution in [0.15, 0.2) is 0 Å². The van der Waals surface area contributed by atoms with Crippen LogP contribution in [0.1, 0.15) is 22.6 Å². The molecule has 0 aromatic heterocycles. The number of hydrogen-bond donors (Lipinski definition) is 0. The molecule has 3 unspecified atom stereocenters. The van der Waals surface area contributed by atoms with Crippen LogP contribution in [-0.2, 0) is 9.32 Å². The summed E-state index contributed by atoms with van der Waals surface area (Å²) >= 11 is 0. The Morgan fingerprint density at radius 1 is 1.64 bits per heavy atom. The molecule has 0 rings (SSSR count). The molecule has 0 amide bonds. The molecule has 0 radical (unpaired) electrons. The molecule has 0 fully saturated rings. The van der Waals surface area contributed by atoms with Gasteiger partial charge in [-0.15, -0.1) is 18.5 Å². The van der Waals surface area contributed by atoms with Gasteiger partial charge in [0, 0.05) is 4.90 Å². The van der Waals surface area contributed by atoms with Crippen molar-refractivity contribution in [2.45, 2.75) is 24.7 Å². The van der Waals surface area contributed by atoms with E-state index in [1.807, 2.05) is 16.4 Å². The molecule has 0 bridgehead atoms. The first-order valence-corrected chi connectivity index (χ1v) is 4.62. The van der Waals surface area contributed by atoms with E-state index in [0.717, 1.165) is 6.42 Å². The van der Waals surface area contributed by atoms with Crippen LogP contribution >= 0.6 is 27.9 Å². The second-order valence-corrected chi connectivity index (χ2v) is 5.46.